The zero-order chi connectivity index (χ0) is 13.9. The first-order chi connectivity index (χ1) is 9.06. The van der Waals surface area contributed by atoms with Crippen LogP contribution in [0.15, 0.2) is 18.3 Å². The molecule has 1 saturated heterocycles. The Labute approximate surface area is 121 Å². The molecule has 0 saturated carbocycles. The Morgan fingerprint density at radius 3 is 3.16 bits per heavy atom. The molecule has 5 nitrogen and oxygen atoms in total. The van der Waals surface area contributed by atoms with Crippen molar-refractivity contribution in [2.75, 3.05) is 19.8 Å². The van der Waals surface area contributed by atoms with Gasteiger partial charge in [-0.3, -0.25) is 4.65 Å². The summed E-state index contributed by atoms with van der Waals surface area (Å²) in [4.78, 5) is 6.00. The van der Waals surface area contributed by atoms with E-state index in [1.54, 1.807) is 0 Å². The van der Waals surface area contributed by atoms with Gasteiger partial charge < -0.3 is 10.3 Å². The van der Waals surface area contributed by atoms with Gasteiger partial charge in [-0.25, -0.2) is 4.90 Å². The van der Waals surface area contributed by atoms with Crippen molar-refractivity contribution in [3.63, 3.8) is 0 Å². The number of allylic oxidation sites excluding steroid dienone is 2. The van der Waals surface area contributed by atoms with E-state index in [0.717, 1.165) is 30.7 Å². The average molecular weight is 304 g/mol. The van der Waals surface area contributed by atoms with Crippen LogP contribution in [0.3, 0.4) is 0 Å². The van der Waals surface area contributed by atoms with Crippen LogP contribution in [0, 0.1) is 5.21 Å². The number of aromatic nitrogens is 1. The van der Waals surface area contributed by atoms with E-state index in [9.17, 15) is 10.3 Å². The first kappa shape index (κ1) is 14.9. The van der Waals surface area contributed by atoms with Crippen molar-refractivity contribution in [3.05, 3.63) is 27.9 Å². The number of unbranched alkanes of at least 4 members (excludes halogenated alkanes) is 1. The molecule has 0 amide bonds. The SMILES string of the molecule is CC=CCCCN1CC(O)[N+]([O-])(c2ncc(Cl)s2)C1. The molecule has 0 aromatic carbocycles. The molecule has 1 fully saturated rings. The van der Waals surface area contributed by atoms with Crippen molar-refractivity contribution in [2.45, 2.75) is 26.0 Å². The van der Waals surface area contributed by atoms with E-state index in [1.807, 2.05) is 17.9 Å². The number of halogens is 1. The van der Waals surface area contributed by atoms with Crippen LogP contribution in [0.4, 0.5) is 5.13 Å². The number of hydrogen-bond acceptors (Lipinski definition) is 5. The van der Waals surface area contributed by atoms with E-state index in [1.165, 1.54) is 6.20 Å². The fraction of sp³-hybridized carbons (Fsp3) is 0.583. The van der Waals surface area contributed by atoms with E-state index in [-0.39, 0.29) is 6.67 Å². The highest BCUT2D eigenvalue weighted by molar-refractivity contribution is 7.19. The van der Waals surface area contributed by atoms with Crippen LogP contribution in [0.1, 0.15) is 19.8 Å². The van der Waals surface area contributed by atoms with Crippen molar-refractivity contribution in [1.82, 2.24) is 14.5 Å². The molecule has 0 bridgehead atoms. The topological polar surface area (TPSA) is 59.4 Å². The number of aliphatic hydroxyl groups is 1. The Kier molecular flexibility index (Phi) is 4.94. The maximum absolute atomic E-state index is 12.7. The van der Waals surface area contributed by atoms with Gasteiger partial charge in [0.15, 0.2) is 0 Å². The summed E-state index contributed by atoms with van der Waals surface area (Å²) in [7, 11) is 0. The summed E-state index contributed by atoms with van der Waals surface area (Å²) < 4.78 is -0.330. The molecule has 0 radical (unpaired) electrons. The van der Waals surface area contributed by atoms with E-state index in [0.29, 0.717) is 16.0 Å². The van der Waals surface area contributed by atoms with Gasteiger partial charge in [-0.15, -0.1) is 0 Å². The van der Waals surface area contributed by atoms with Crippen molar-refractivity contribution in [1.29, 1.82) is 0 Å². The third-order valence-corrected chi connectivity index (χ3v) is 4.41. The summed E-state index contributed by atoms with van der Waals surface area (Å²) >= 11 is 6.95. The van der Waals surface area contributed by atoms with E-state index in [2.05, 4.69) is 11.1 Å². The molecule has 2 atom stereocenters. The summed E-state index contributed by atoms with van der Waals surface area (Å²) in [6, 6.07) is 0. The predicted molar refractivity (Wildman–Crippen MR) is 78.8 cm³/mol. The third kappa shape index (κ3) is 3.34. The maximum atomic E-state index is 12.7. The minimum absolute atomic E-state index is 0.237. The molecule has 1 aliphatic heterocycles. The predicted octanol–water partition coefficient (Wildman–Crippen LogP) is 2.55. The molecule has 1 N–H and O–H groups in total. The van der Waals surface area contributed by atoms with Crippen molar-refractivity contribution in [3.8, 4) is 0 Å². The van der Waals surface area contributed by atoms with E-state index >= 15 is 0 Å². The van der Waals surface area contributed by atoms with Crippen LogP contribution in [0.2, 0.25) is 4.34 Å². The van der Waals surface area contributed by atoms with Gasteiger partial charge in [0.25, 0.3) is 5.13 Å². The Hall–Kier alpha value is -0.500. The second-order valence-corrected chi connectivity index (χ2v) is 6.29. The normalized spacial score (nSPS) is 28.5. The highest BCUT2D eigenvalue weighted by Gasteiger charge is 2.42. The van der Waals surface area contributed by atoms with Gasteiger partial charge in [-0.2, -0.15) is 4.98 Å². The van der Waals surface area contributed by atoms with Crippen molar-refractivity contribution < 1.29 is 5.11 Å². The Morgan fingerprint density at radius 2 is 2.53 bits per heavy atom. The number of hydroxylamine groups is 2. The summed E-state index contributed by atoms with van der Waals surface area (Å²) in [6.07, 6.45) is 6.57. The minimum Gasteiger partial charge on any atom is -0.623 e. The number of quaternary nitrogens is 1. The Balaban J connectivity index is 1.96. The molecular formula is C12H18ClN3O2S. The van der Waals surface area contributed by atoms with E-state index in [4.69, 9.17) is 11.6 Å². The maximum Gasteiger partial charge on any atom is 0.290 e. The summed E-state index contributed by atoms with van der Waals surface area (Å²) in [6.45, 7) is 3.42. The molecule has 1 aromatic heterocycles. The second kappa shape index (κ2) is 6.30. The van der Waals surface area contributed by atoms with Gasteiger partial charge in [0.05, 0.1) is 12.7 Å². The smallest absolute Gasteiger partial charge is 0.290 e. The lowest BCUT2D eigenvalue weighted by Crippen LogP contribution is -2.48. The molecule has 19 heavy (non-hydrogen) atoms. The average Bonchev–Trinajstić information content (AvgIpc) is 2.92. The van der Waals surface area contributed by atoms with Gasteiger partial charge in [-0.05, 0) is 31.1 Å². The van der Waals surface area contributed by atoms with Crippen LogP contribution >= 0.6 is 22.9 Å². The molecular weight excluding hydrogens is 286 g/mol. The van der Waals surface area contributed by atoms with Gasteiger partial charge in [-0.1, -0.05) is 23.8 Å². The lowest BCUT2D eigenvalue weighted by molar-refractivity contribution is 0.0847. The fourth-order valence-electron chi connectivity index (χ4n) is 2.18. The van der Waals surface area contributed by atoms with E-state index < -0.39 is 10.9 Å². The Morgan fingerprint density at radius 1 is 1.74 bits per heavy atom. The molecule has 2 rings (SSSR count). The van der Waals surface area contributed by atoms with Crippen LogP contribution < -0.4 is 4.65 Å². The summed E-state index contributed by atoms with van der Waals surface area (Å²) in [5.74, 6) is 0. The molecule has 2 unspecified atom stereocenters. The van der Waals surface area contributed by atoms with Crippen LogP contribution in [0.25, 0.3) is 0 Å². The highest BCUT2D eigenvalue weighted by Crippen LogP contribution is 2.35. The number of β-amino-alcohol motifs (C(OH)–C–C–N with tert-alkyl or cyclic N) is 1. The van der Waals surface area contributed by atoms with Crippen LogP contribution in [-0.2, 0) is 0 Å². The second-order valence-electron chi connectivity index (χ2n) is 4.65. The quantitative estimate of drug-likeness (QED) is 0.393. The lowest BCUT2D eigenvalue weighted by atomic mass is 10.3. The molecule has 0 aliphatic carbocycles. The molecule has 1 aromatic rings. The summed E-state index contributed by atoms with van der Waals surface area (Å²) in [5, 5.41) is 23.0. The largest absolute Gasteiger partial charge is 0.623 e. The molecule has 1 aliphatic rings. The Bertz CT molecular complexity index is 454. The summed E-state index contributed by atoms with van der Waals surface area (Å²) in [5.41, 5.74) is 0. The monoisotopic (exact) mass is 303 g/mol. The number of hydrogen-bond donors (Lipinski definition) is 1. The molecule has 106 valence electrons. The first-order valence-electron chi connectivity index (χ1n) is 6.28. The van der Waals surface area contributed by atoms with Gasteiger partial charge >= 0.3 is 0 Å². The van der Waals surface area contributed by atoms with Crippen molar-refractivity contribution in [2.24, 2.45) is 0 Å². The number of rotatable bonds is 5. The van der Waals surface area contributed by atoms with Crippen LogP contribution in [0.5, 0.6) is 0 Å². The zero-order valence-electron chi connectivity index (χ0n) is 10.8. The fourth-order valence-corrected chi connectivity index (χ4v) is 3.16. The molecule has 7 heteroatoms. The van der Waals surface area contributed by atoms with Gasteiger partial charge in [0.1, 0.15) is 11.0 Å². The van der Waals surface area contributed by atoms with Crippen LogP contribution in [-0.4, -0.2) is 41.0 Å². The third-order valence-electron chi connectivity index (χ3n) is 3.18. The molecule has 0 spiro atoms. The number of nitrogens with zero attached hydrogens (tertiary/aromatic N) is 3. The van der Waals surface area contributed by atoms with Gasteiger partial charge in [0, 0.05) is 6.54 Å². The van der Waals surface area contributed by atoms with Gasteiger partial charge in [0.2, 0.25) is 6.23 Å². The van der Waals surface area contributed by atoms with Crippen molar-refractivity contribution >= 4 is 28.1 Å². The first-order valence-corrected chi connectivity index (χ1v) is 7.48. The number of aliphatic hydroxyl groups excluding tert-OH is 1. The standard InChI is InChI=1S/C12H18ClN3O2S/c1-2-3-4-5-6-15-8-11(17)16(18,9-15)12-14-7-10(13)19-12/h2-3,7,11,17H,4-6,8-9H2,1H3. The molecule has 2 heterocycles. The zero-order valence-corrected chi connectivity index (χ0v) is 12.4. The number of thiazole rings is 1. The minimum atomic E-state index is -0.982. The highest BCUT2D eigenvalue weighted by atomic mass is 35.5. The lowest BCUT2D eigenvalue weighted by Gasteiger charge is -2.37.